The molecule has 2 aromatic rings. The first kappa shape index (κ1) is 13.6. The van der Waals surface area contributed by atoms with Crippen molar-refractivity contribution in [3.8, 4) is 0 Å². The minimum atomic E-state index is -2.25. The molecule has 2 N–H and O–H groups in total. The van der Waals surface area contributed by atoms with Crippen molar-refractivity contribution in [2.24, 2.45) is 0 Å². The van der Waals surface area contributed by atoms with Gasteiger partial charge in [0.2, 0.25) is 0 Å². The molecule has 0 radical (unpaired) electrons. The van der Waals surface area contributed by atoms with Gasteiger partial charge in [0.1, 0.15) is 5.82 Å². The summed E-state index contributed by atoms with van der Waals surface area (Å²) in [6.07, 6.45) is 0. The lowest BCUT2D eigenvalue weighted by Gasteiger charge is -2.21. The van der Waals surface area contributed by atoms with Crippen LogP contribution in [0.4, 0.5) is 18.9 Å². The van der Waals surface area contributed by atoms with Crippen molar-refractivity contribution < 1.29 is 23.1 Å². The molecule has 0 saturated heterocycles. The molecule has 1 aliphatic rings. The lowest BCUT2D eigenvalue weighted by molar-refractivity contribution is -0.129. The van der Waals surface area contributed by atoms with Crippen LogP contribution in [0.25, 0.3) is 0 Å². The minimum Gasteiger partial charge on any atom is -0.372 e. The predicted octanol–water partition coefficient (Wildman–Crippen LogP) is 2.60. The van der Waals surface area contributed by atoms with E-state index >= 15 is 0 Å². The first-order valence-corrected chi connectivity index (χ1v) is 6.14. The molecular weight excluding hydrogens is 283 g/mol. The van der Waals surface area contributed by atoms with Gasteiger partial charge < -0.3 is 10.4 Å². The highest BCUT2D eigenvalue weighted by atomic mass is 19.2. The van der Waals surface area contributed by atoms with E-state index in [0.29, 0.717) is 5.56 Å². The Bertz CT molecular complexity index is 776. The Hall–Kier alpha value is -2.34. The molecule has 21 heavy (non-hydrogen) atoms. The molecule has 0 saturated carbocycles. The number of fused-ring (bicyclic) bond motifs is 1. The molecule has 1 unspecified atom stereocenters. The second-order valence-corrected chi connectivity index (χ2v) is 4.91. The number of nitrogens with one attached hydrogen (secondary N) is 1. The Morgan fingerprint density at radius 3 is 2.48 bits per heavy atom. The molecule has 3 rings (SSSR count). The Kier molecular flexibility index (Phi) is 2.81. The molecule has 0 bridgehead atoms. The molecule has 0 aromatic heterocycles. The average Bonchev–Trinajstić information content (AvgIpc) is 2.71. The molecule has 3 nitrogen and oxygen atoms in total. The summed E-state index contributed by atoms with van der Waals surface area (Å²) >= 11 is 0. The molecule has 0 fully saturated rings. The third kappa shape index (κ3) is 1.76. The van der Waals surface area contributed by atoms with Gasteiger partial charge in [0.25, 0.3) is 5.91 Å². The van der Waals surface area contributed by atoms with Gasteiger partial charge in [-0.05, 0) is 24.6 Å². The van der Waals surface area contributed by atoms with Crippen LogP contribution in [0.3, 0.4) is 0 Å². The molecule has 0 aliphatic carbocycles. The van der Waals surface area contributed by atoms with Gasteiger partial charge in [-0.15, -0.1) is 0 Å². The van der Waals surface area contributed by atoms with Gasteiger partial charge >= 0.3 is 0 Å². The van der Waals surface area contributed by atoms with E-state index in [1.807, 2.05) is 0 Å². The summed E-state index contributed by atoms with van der Waals surface area (Å²) < 4.78 is 40.6. The summed E-state index contributed by atoms with van der Waals surface area (Å²) in [5.74, 6) is -3.97. The summed E-state index contributed by atoms with van der Waals surface area (Å²) in [5, 5.41) is 12.7. The van der Waals surface area contributed by atoms with Crippen LogP contribution < -0.4 is 5.32 Å². The van der Waals surface area contributed by atoms with E-state index in [4.69, 9.17) is 0 Å². The SMILES string of the molecule is Cc1ccc(C2(O)C(=O)Nc3c2ccc(F)c3F)cc1F. The number of amides is 1. The van der Waals surface area contributed by atoms with E-state index < -0.39 is 34.6 Å². The molecule has 2 aromatic carbocycles. The zero-order valence-corrected chi connectivity index (χ0v) is 10.9. The summed E-state index contributed by atoms with van der Waals surface area (Å²) in [6, 6.07) is 5.68. The molecule has 6 heteroatoms. The van der Waals surface area contributed by atoms with E-state index in [-0.39, 0.29) is 11.1 Å². The Morgan fingerprint density at radius 1 is 1.10 bits per heavy atom. The zero-order chi connectivity index (χ0) is 15.4. The van der Waals surface area contributed by atoms with Gasteiger partial charge in [-0.3, -0.25) is 4.79 Å². The maximum Gasteiger partial charge on any atom is 0.265 e. The smallest absolute Gasteiger partial charge is 0.265 e. The number of hydrogen-bond donors (Lipinski definition) is 2. The van der Waals surface area contributed by atoms with Gasteiger partial charge in [0.15, 0.2) is 17.2 Å². The van der Waals surface area contributed by atoms with Crippen LogP contribution in [0.1, 0.15) is 16.7 Å². The molecule has 1 atom stereocenters. The fraction of sp³-hybridized carbons (Fsp3) is 0.133. The minimum absolute atomic E-state index is 0.0483. The van der Waals surface area contributed by atoms with E-state index in [0.717, 1.165) is 18.2 Å². The van der Waals surface area contributed by atoms with Gasteiger partial charge in [-0.2, -0.15) is 0 Å². The maximum atomic E-state index is 13.7. The Morgan fingerprint density at radius 2 is 1.81 bits per heavy atom. The number of hydrogen-bond acceptors (Lipinski definition) is 2. The molecule has 1 amide bonds. The fourth-order valence-electron chi connectivity index (χ4n) is 2.41. The van der Waals surface area contributed by atoms with Crippen molar-refractivity contribution in [1.29, 1.82) is 0 Å². The number of carbonyl (C=O) groups is 1. The number of rotatable bonds is 1. The summed E-state index contributed by atoms with van der Waals surface area (Å²) in [5.41, 5.74) is -2.53. The molecular formula is C15H10F3NO2. The second kappa shape index (κ2) is 4.33. The van der Waals surface area contributed by atoms with Crippen molar-refractivity contribution in [2.75, 3.05) is 5.32 Å². The Balaban J connectivity index is 2.25. The summed E-state index contributed by atoms with van der Waals surface area (Å²) in [4.78, 5) is 12.0. The van der Waals surface area contributed by atoms with Crippen LogP contribution in [0.15, 0.2) is 30.3 Å². The van der Waals surface area contributed by atoms with Crippen LogP contribution >= 0.6 is 0 Å². The number of aryl methyl sites for hydroxylation is 1. The zero-order valence-electron chi connectivity index (χ0n) is 10.9. The van der Waals surface area contributed by atoms with Gasteiger partial charge in [-0.1, -0.05) is 18.2 Å². The van der Waals surface area contributed by atoms with E-state index in [2.05, 4.69) is 5.32 Å². The molecule has 1 aliphatic heterocycles. The van der Waals surface area contributed by atoms with Gasteiger partial charge in [0, 0.05) is 11.1 Å². The number of benzene rings is 2. The van der Waals surface area contributed by atoms with Crippen LogP contribution in [0.2, 0.25) is 0 Å². The normalized spacial score (nSPS) is 20.3. The quantitative estimate of drug-likeness (QED) is 0.849. The molecule has 0 spiro atoms. The third-order valence-corrected chi connectivity index (χ3v) is 3.64. The number of anilines is 1. The van der Waals surface area contributed by atoms with E-state index in [1.54, 1.807) is 0 Å². The van der Waals surface area contributed by atoms with Crippen LogP contribution in [-0.4, -0.2) is 11.0 Å². The van der Waals surface area contributed by atoms with Gasteiger partial charge in [0.05, 0.1) is 5.69 Å². The largest absolute Gasteiger partial charge is 0.372 e. The second-order valence-electron chi connectivity index (χ2n) is 4.91. The van der Waals surface area contributed by atoms with Crippen molar-refractivity contribution in [3.05, 3.63) is 64.5 Å². The highest BCUT2D eigenvalue weighted by molar-refractivity contribution is 6.07. The van der Waals surface area contributed by atoms with E-state index in [9.17, 15) is 23.1 Å². The highest BCUT2D eigenvalue weighted by Crippen LogP contribution is 2.42. The molecule has 108 valence electrons. The van der Waals surface area contributed by atoms with Crippen molar-refractivity contribution >= 4 is 11.6 Å². The van der Waals surface area contributed by atoms with Crippen LogP contribution in [-0.2, 0) is 10.4 Å². The summed E-state index contributed by atoms with van der Waals surface area (Å²) in [6.45, 7) is 1.53. The standard InChI is InChI=1S/C15H10F3NO2/c1-7-2-3-8(6-11(7)17)15(21)9-4-5-10(16)12(18)13(9)19-14(15)20/h2-6,21H,1H3,(H,19,20). The van der Waals surface area contributed by atoms with Crippen molar-refractivity contribution in [1.82, 2.24) is 0 Å². The lowest BCUT2D eigenvalue weighted by atomic mass is 9.87. The monoisotopic (exact) mass is 293 g/mol. The number of aliphatic hydroxyl groups is 1. The third-order valence-electron chi connectivity index (χ3n) is 3.64. The predicted molar refractivity (Wildman–Crippen MR) is 69.1 cm³/mol. The number of halogens is 3. The average molecular weight is 293 g/mol. The highest BCUT2D eigenvalue weighted by Gasteiger charge is 2.48. The van der Waals surface area contributed by atoms with Crippen LogP contribution in [0, 0.1) is 24.4 Å². The van der Waals surface area contributed by atoms with Crippen LogP contribution in [0.5, 0.6) is 0 Å². The maximum absolute atomic E-state index is 13.7. The first-order valence-electron chi connectivity index (χ1n) is 6.14. The molecule has 1 heterocycles. The van der Waals surface area contributed by atoms with E-state index in [1.165, 1.54) is 19.1 Å². The fourth-order valence-corrected chi connectivity index (χ4v) is 2.41. The van der Waals surface area contributed by atoms with Gasteiger partial charge in [-0.25, -0.2) is 13.2 Å². The van der Waals surface area contributed by atoms with Crippen molar-refractivity contribution in [3.63, 3.8) is 0 Å². The Labute approximate surface area is 118 Å². The van der Waals surface area contributed by atoms with Crippen molar-refractivity contribution in [2.45, 2.75) is 12.5 Å². The number of carbonyl (C=O) groups excluding carboxylic acids is 1. The summed E-state index contributed by atoms with van der Waals surface area (Å²) in [7, 11) is 0. The topological polar surface area (TPSA) is 49.3 Å². The lowest BCUT2D eigenvalue weighted by Crippen LogP contribution is -2.35. The first-order chi connectivity index (χ1) is 9.85.